The van der Waals surface area contributed by atoms with Gasteiger partial charge >= 0.3 is 0 Å². The van der Waals surface area contributed by atoms with E-state index in [1.807, 2.05) is 6.92 Å². The third kappa shape index (κ3) is 5.73. The van der Waals surface area contributed by atoms with Gasteiger partial charge in [0, 0.05) is 21.8 Å². The fourth-order valence-corrected chi connectivity index (χ4v) is 2.81. The molecule has 27 heavy (non-hydrogen) atoms. The number of nitro benzene ring substituents is 1. The van der Waals surface area contributed by atoms with Gasteiger partial charge in [-0.15, -0.1) is 0 Å². The first-order chi connectivity index (χ1) is 12.8. The number of thiocarbonyl (C=S) groups is 1. The smallest absolute Gasteiger partial charge is 0.274 e. The molecule has 142 valence electrons. The van der Waals surface area contributed by atoms with Crippen molar-refractivity contribution in [3.05, 3.63) is 62.1 Å². The molecule has 9 heteroatoms. The molecule has 2 aromatic carbocycles. The number of carbonyl (C=O) groups is 1. The van der Waals surface area contributed by atoms with Crippen molar-refractivity contribution < 1.29 is 14.5 Å². The minimum Gasteiger partial charge on any atom is -0.493 e. The van der Waals surface area contributed by atoms with Gasteiger partial charge in [-0.1, -0.05) is 28.9 Å². The third-order valence-electron chi connectivity index (χ3n) is 3.54. The first-order valence-electron chi connectivity index (χ1n) is 8.11. The van der Waals surface area contributed by atoms with Crippen LogP contribution in [-0.4, -0.2) is 22.5 Å². The summed E-state index contributed by atoms with van der Waals surface area (Å²) in [5, 5.41) is 16.4. The molecule has 2 rings (SSSR count). The zero-order valence-corrected chi connectivity index (χ0v) is 17.1. The molecule has 0 atom stereocenters. The molecule has 0 bridgehead atoms. The summed E-state index contributed by atoms with van der Waals surface area (Å²) in [4.78, 5) is 23.1. The Balaban J connectivity index is 2.12. The molecule has 0 radical (unpaired) electrons. The molecule has 0 heterocycles. The van der Waals surface area contributed by atoms with Crippen LogP contribution in [0.5, 0.6) is 5.75 Å². The maximum absolute atomic E-state index is 12.6. The highest BCUT2D eigenvalue weighted by Gasteiger charge is 2.16. The summed E-state index contributed by atoms with van der Waals surface area (Å²) in [6, 6.07) is 9.74. The van der Waals surface area contributed by atoms with Crippen LogP contribution in [0.1, 0.15) is 29.3 Å². The summed E-state index contributed by atoms with van der Waals surface area (Å²) in [7, 11) is 0. The average molecular weight is 452 g/mol. The van der Waals surface area contributed by atoms with E-state index in [-0.39, 0.29) is 10.8 Å². The second kappa shape index (κ2) is 9.43. The van der Waals surface area contributed by atoms with Crippen molar-refractivity contribution >= 4 is 50.5 Å². The summed E-state index contributed by atoms with van der Waals surface area (Å²) < 4.78 is 6.32. The van der Waals surface area contributed by atoms with Crippen LogP contribution in [0, 0.1) is 17.0 Å². The second-order valence-corrected chi connectivity index (χ2v) is 6.98. The molecule has 0 aliphatic rings. The van der Waals surface area contributed by atoms with Crippen molar-refractivity contribution in [1.82, 2.24) is 5.32 Å². The first kappa shape index (κ1) is 20.8. The number of rotatable bonds is 6. The molecule has 0 aromatic heterocycles. The maximum Gasteiger partial charge on any atom is 0.274 e. The zero-order valence-electron chi connectivity index (χ0n) is 14.7. The van der Waals surface area contributed by atoms with Crippen LogP contribution in [0.25, 0.3) is 0 Å². The quantitative estimate of drug-likeness (QED) is 0.379. The molecule has 7 nitrogen and oxygen atoms in total. The van der Waals surface area contributed by atoms with E-state index in [0.717, 1.165) is 10.9 Å². The summed E-state index contributed by atoms with van der Waals surface area (Å²) in [5.74, 6) is 0.00726. The molecular formula is C18H18BrN3O4S. The average Bonchev–Trinajstić information content (AvgIpc) is 2.61. The zero-order chi connectivity index (χ0) is 20.0. The predicted octanol–water partition coefficient (Wildman–Crippen LogP) is 4.58. The Hall–Kier alpha value is -2.52. The number of benzene rings is 2. The van der Waals surface area contributed by atoms with Gasteiger partial charge in [0.15, 0.2) is 5.11 Å². The van der Waals surface area contributed by atoms with Gasteiger partial charge in [0.05, 0.1) is 17.1 Å². The number of hydrogen-bond acceptors (Lipinski definition) is 5. The number of amides is 1. The fourth-order valence-electron chi connectivity index (χ4n) is 2.23. The summed E-state index contributed by atoms with van der Waals surface area (Å²) in [6.45, 7) is 4.10. The third-order valence-corrected chi connectivity index (χ3v) is 4.24. The minimum absolute atomic E-state index is 0.0274. The molecule has 0 spiro atoms. The Bertz CT molecular complexity index is 889. The van der Waals surface area contributed by atoms with E-state index in [2.05, 4.69) is 26.6 Å². The number of nitro groups is 1. The topological polar surface area (TPSA) is 93.5 Å². The molecule has 0 fully saturated rings. The van der Waals surface area contributed by atoms with Crippen LogP contribution >= 0.6 is 28.1 Å². The number of nitrogens with one attached hydrogen (secondary N) is 2. The molecule has 0 saturated heterocycles. The van der Waals surface area contributed by atoms with Gasteiger partial charge in [0.25, 0.3) is 11.6 Å². The predicted molar refractivity (Wildman–Crippen MR) is 111 cm³/mol. The van der Waals surface area contributed by atoms with E-state index in [0.29, 0.717) is 29.2 Å². The van der Waals surface area contributed by atoms with E-state index < -0.39 is 10.8 Å². The minimum atomic E-state index is -0.471. The molecular weight excluding hydrogens is 434 g/mol. The highest BCUT2D eigenvalue weighted by Crippen LogP contribution is 2.24. The Morgan fingerprint density at radius 2 is 2.04 bits per heavy atom. The van der Waals surface area contributed by atoms with Crippen LogP contribution in [-0.2, 0) is 0 Å². The van der Waals surface area contributed by atoms with Crippen molar-refractivity contribution in [2.24, 2.45) is 0 Å². The van der Waals surface area contributed by atoms with Gasteiger partial charge in [0.1, 0.15) is 5.75 Å². The first-order valence-corrected chi connectivity index (χ1v) is 9.31. The van der Waals surface area contributed by atoms with Crippen molar-refractivity contribution in [3.63, 3.8) is 0 Å². The molecule has 0 aliphatic heterocycles. The molecule has 2 aromatic rings. The lowest BCUT2D eigenvalue weighted by atomic mass is 10.2. The van der Waals surface area contributed by atoms with Crippen LogP contribution in [0.4, 0.5) is 11.4 Å². The summed E-state index contributed by atoms with van der Waals surface area (Å²) in [5.41, 5.74) is 1.25. The number of nitrogens with zero attached hydrogens (tertiary/aromatic N) is 1. The van der Waals surface area contributed by atoms with E-state index in [4.69, 9.17) is 17.0 Å². The van der Waals surface area contributed by atoms with Crippen LogP contribution < -0.4 is 15.4 Å². The van der Waals surface area contributed by atoms with Gasteiger partial charge < -0.3 is 10.1 Å². The Labute approximate surface area is 170 Å². The van der Waals surface area contributed by atoms with Crippen molar-refractivity contribution in [2.75, 3.05) is 11.9 Å². The highest BCUT2D eigenvalue weighted by molar-refractivity contribution is 9.10. The normalized spacial score (nSPS) is 10.2. The Morgan fingerprint density at radius 1 is 1.30 bits per heavy atom. The number of halogens is 1. The molecule has 2 N–H and O–H groups in total. The highest BCUT2D eigenvalue weighted by atomic mass is 79.9. The largest absolute Gasteiger partial charge is 0.493 e. The van der Waals surface area contributed by atoms with Crippen LogP contribution in [0.15, 0.2) is 40.9 Å². The van der Waals surface area contributed by atoms with Crippen molar-refractivity contribution in [3.8, 4) is 5.75 Å². The van der Waals surface area contributed by atoms with Gasteiger partial charge in [-0.25, -0.2) is 0 Å². The van der Waals surface area contributed by atoms with Gasteiger partial charge in [-0.2, -0.15) is 0 Å². The summed E-state index contributed by atoms with van der Waals surface area (Å²) in [6.07, 6.45) is 0.809. The van der Waals surface area contributed by atoms with Crippen molar-refractivity contribution in [1.29, 1.82) is 0 Å². The van der Waals surface area contributed by atoms with Gasteiger partial charge in [0.2, 0.25) is 0 Å². The van der Waals surface area contributed by atoms with Crippen LogP contribution in [0.2, 0.25) is 0 Å². The molecule has 1 amide bonds. The fraction of sp³-hybridized carbons (Fsp3) is 0.222. The Morgan fingerprint density at radius 3 is 2.70 bits per heavy atom. The number of hydrogen-bond donors (Lipinski definition) is 2. The van der Waals surface area contributed by atoms with Gasteiger partial charge in [-0.3, -0.25) is 20.2 Å². The number of carbonyl (C=O) groups excluding carboxylic acids is 1. The van der Waals surface area contributed by atoms with Crippen molar-refractivity contribution in [2.45, 2.75) is 20.3 Å². The lowest BCUT2D eigenvalue weighted by molar-refractivity contribution is -0.385. The van der Waals surface area contributed by atoms with E-state index in [9.17, 15) is 14.9 Å². The molecule has 0 unspecified atom stereocenters. The number of aryl methyl sites for hydroxylation is 1. The van der Waals surface area contributed by atoms with E-state index in [1.54, 1.807) is 37.3 Å². The van der Waals surface area contributed by atoms with E-state index >= 15 is 0 Å². The second-order valence-electron chi connectivity index (χ2n) is 5.66. The Kier molecular flexibility index (Phi) is 7.26. The molecule has 0 aliphatic carbocycles. The molecule has 0 saturated carbocycles. The SMILES string of the molecule is CCCOc1ccc(Br)cc1C(=O)NC(=S)Nc1ccc(C)c([N+](=O)[O-])c1. The lowest BCUT2D eigenvalue weighted by Crippen LogP contribution is -2.34. The van der Waals surface area contributed by atoms with Gasteiger partial charge in [-0.05, 0) is 49.8 Å². The monoisotopic (exact) mass is 451 g/mol. The standard InChI is InChI=1S/C18H18BrN3O4S/c1-3-8-26-16-7-5-12(19)9-14(16)17(23)21-18(27)20-13-6-4-11(2)15(10-13)22(24)25/h4-7,9-10H,3,8H2,1-2H3,(H2,20,21,23,27). The number of anilines is 1. The maximum atomic E-state index is 12.6. The number of ether oxygens (including phenoxy) is 1. The summed E-state index contributed by atoms with van der Waals surface area (Å²) >= 11 is 8.49. The van der Waals surface area contributed by atoms with E-state index in [1.165, 1.54) is 6.07 Å². The van der Waals surface area contributed by atoms with Crippen LogP contribution in [0.3, 0.4) is 0 Å². The lowest BCUT2D eigenvalue weighted by Gasteiger charge is -2.13.